The van der Waals surface area contributed by atoms with Gasteiger partial charge in [0.15, 0.2) is 0 Å². The van der Waals surface area contributed by atoms with Crippen molar-refractivity contribution in [2.75, 3.05) is 5.32 Å². The third-order valence-corrected chi connectivity index (χ3v) is 3.29. The Balaban J connectivity index is 1.94. The lowest BCUT2D eigenvalue weighted by atomic mass is 10.2. The quantitative estimate of drug-likeness (QED) is 0.772. The summed E-state index contributed by atoms with van der Waals surface area (Å²) in [5.41, 5.74) is 1.19. The van der Waals surface area contributed by atoms with Gasteiger partial charge in [0.05, 0.1) is 0 Å². The molecule has 108 valence electrons. The van der Waals surface area contributed by atoms with E-state index in [-0.39, 0.29) is 18.0 Å². The fourth-order valence-corrected chi connectivity index (χ4v) is 1.73. The van der Waals surface area contributed by atoms with Crippen LogP contribution in [0.5, 0.6) is 0 Å². The minimum absolute atomic E-state index is 0.0847. The molecule has 0 aromatic heterocycles. The Labute approximate surface area is 119 Å². The number of hydrogen-bond acceptors (Lipinski definition) is 2. The second-order valence-corrected chi connectivity index (χ2v) is 5.24. The predicted molar refractivity (Wildman–Crippen MR) is 78.8 cm³/mol. The van der Waals surface area contributed by atoms with Crippen LogP contribution in [0.15, 0.2) is 24.3 Å². The van der Waals surface area contributed by atoms with Gasteiger partial charge in [-0.15, -0.1) is 0 Å². The van der Waals surface area contributed by atoms with Crippen LogP contribution in [-0.2, 0) is 0 Å². The third kappa shape index (κ3) is 4.26. The second kappa shape index (κ2) is 6.41. The highest BCUT2D eigenvalue weighted by Gasteiger charge is 2.23. The summed E-state index contributed by atoms with van der Waals surface area (Å²) < 4.78 is 0. The van der Waals surface area contributed by atoms with Gasteiger partial charge in [-0.05, 0) is 44.4 Å². The van der Waals surface area contributed by atoms with Crippen LogP contribution in [0.1, 0.15) is 43.5 Å². The third-order valence-electron chi connectivity index (χ3n) is 3.29. The van der Waals surface area contributed by atoms with Gasteiger partial charge in [0.2, 0.25) is 0 Å². The van der Waals surface area contributed by atoms with Crippen LogP contribution in [0.25, 0.3) is 0 Å². The summed E-state index contributed by atoms with van der Waals surface area (Å²) in [5.74, 6) is -0.0847. The average Bonchev–Trinajstić information content (AvgIpc) is 3.22. The molecule has 1 aromatic carbocycles. The molecule has 0 aliphatic heterocycles. The van der Waals surface area contributed by atoms with Crippen LogP contribution in [0.2, 0.25) is 0 Å². The number of carbonyl (C=O) groups is 2. The second-order valence-electron chi connectivity index (χ2n) is 5.24. The minimum Gasteiger partial charge on any atom is -0.349 e. The van der Waals surface area contributed by atoms with Crippen molar-refractivity contribution in [2.45, 2.75) is 45.2 Å². The summed E-state index contributed by atoms with van der Waals surface area (Å²) in [6, 6.07) is 7.16. The molecule has 1 aliphatic rings. The zero-order chi connectivity index (χ0) is 14.5. The molecule has 1 fully saturated rings. The van der Waals surface area contributed by atoms with Crippen LogP contribution in [0.3, 0.4) is 0 Å². The number of hydrogen-bond donors (Lipinski definition) is 3. The normalized spacial score (nSPS) is 15.3. The first kappa shape index (κ1) is 14.4. The molecule has 1 aromatic rings. The number of urea groups is 1. The van der Waals surface area contributed by atoms with E-state index in [2.05, 4.69) is 16.0 Å². The molecule has 20 heavy (non-hydrogen) atoms. The van der Waals surface area contributed by atoms with Crippen molar-refractivity contribution in [1.29, 1.82) is 0 Å². The first-order valence-corrected chi connectivity index (χ1v) is 7.07. The van der Waals surface area contributed by atoms with E-state index >= 15 is 0 Å². The summed E-state index contributed by atoms with van der Waals surface area (Å²) in [5, 5.41) is 8.48. The molecule has 0 bridgehead atoms. The molecule has 3 N–H and O–H groups in total. The van der Waals surface area contributed by atoms with Crippen molar-refractivity contribution in [1.82, 2.24) is 10.6 Å². The Kier molecular flexibility index (Phi) is 4.61. The molecule has 0 heterocycles. The highest BCUT2D eigenvalue weighted by molar-refractivity contribution is 5.97. The summed E-state index contributed by atoms with van der Waals surface area (Å²) in [6.07, 6.45) is 2.99. The van der Waals surface area contributed by atoms with Crippen molar-refractivity contribution in [3.63, 3.8) is 0 Å². The van der Waals surface area contributed by atoms with Gasteiger partial charge in [-0.1, -0.05) is 13.0 Å². The number of carbonyl (C=O) groups excluding carboxylic acids is 2. The molecule has 0 saturated heterocycles. The maximum atomic E-state index is 11.9. The lowest BCUT2D eigenvalue weighted by Gasteiger charge is -2.13. The molecule has 0 spiro atoms. The topological polar surface area (TPSA) is 70.2 Å². The Hall–Kier alpha value is -2.04. The first-order valence-electron chi connectivity index (χ1n) is 7.07. The van der Waals surface area contributed by atoms with Gasteiger partial charge in [-0.2, -0.15) is 0 Å². The molecule has 5 nitrogen and oxygen atoms in total. The smallest absolute Gasteiger partial charge is 0.319 e. The molecule has 2 rings (SSSR count). The lowest BCUT2D eigenvalue weighted by Crippen LogP contribution is -2.35. The van der Waals surface area contributed by atoms with Gasteiger partial charge in [0, 0.05) is 23.3 Å². The number of benzene rings is 1. The van der Waals surface area contributed by atoms with Gasteiger partial charge in [0.25, 0.3) is 5.91 Å². The van der Waals surface area contributed by atoms with Crippen LogP contribution in [-0.4, -0.2) is 24.0 Å². The maximum absolute atomic E-state index is 11.9. The van der Waals surface area contributed by atoms with E-state index in [1.807, 2.05) is 13.8 Å². The molecular formula is C15H21N3O2. The summed E-state index contributed by atoms with van der Waals surface area (Å²) in [7, 11) is 0. The number of anilines is 1. The van der Waals surface area contributed by atoms with E-state index in [0.29, 0.717) is 17.3 Å². The van der Waals surface area contributed by atoms with Crippen molar-refractivity contribution in [3.8, 4) is 0 Å². The number of amides is 3. The highest BCUT2D eigenvalue weighted by atomic mass is 16.2. The fourth-order valence-electron chi connectivity index (χ4n) is 1.73. The Morgan fingerprint density at radius 1 is 1.35 bits per heavy atom. The van der Waals surface area contributed by atoms with E-state index in [4.69, 9.17) is 0 Å². The maximum Gasteiger partial charge on any atom is 0.319 e. The molecular weight excluding hydrogens is 254 g/mol. The Morgan fingerprint density at radius 2 is 2.10 bits per heavy atom. The fraction of sp³-hybridized carbons (Fsp3) is 0.467. The zero-order valence-electron chi connectivity index (χ0n) is 11.9. The van der Waals surface area contributed by atoms with E-state index in [9.17, 15) is 9.59 Å². The van der Waals surface area contributed by atoms with Crippen molar-refractivity contribution < 1.29 is 9.59 Å². The van der Waals surface area contributed by atoms with Gasteiger partial charge < -0.3 is 16.0 Å². The monoisotopic (exact) mass is 275 g/mol. The number of rotatable bonds is 5. The van der Waals surface area contributed by atoms with E-state index < -0.39 is 0 Å². The zero-order valence-corrected chi connectivity index (χ0v) is 11.9. The molecule has 3 amide bonds. The molecule has 5 heteroatoms. The van der Waals surface area contributed by atoms with Crippen LogP contribution >= 0.6 is 0 Å². The SMILES string of the molecule is CCC(C)NC(=O)Nc1cccc(C(=O)NC2CC2)c1. The number of nitrogens with one attached hydrogen (secondary N) is 3. The predicted octanol–water partition coefficient (Wildman–Crippen LogP) is 2.50. The van der Waals surface area contributed by atoms with Crippen molar-refractivity contribution in [2.24, 2.45) is 0 Å². The first-order chi connectivity index (χ1) is 9.58. The summed E-state index contributed by atoms with van der Waals surface area (Å²) in [6.45, 7) is 3.95. The van der Waals surface area contributed by atoms with Crippen molar-refractivity contribution in [3.05, 3.63) is 29.8 Å². The van der Waals surface area contributed by atoms with Gasteiger partial charge in [-0.3, -0.25) is 4.79 Å². The van der Waals surface area contributed by atoms with Gasteiger partial charge in [0.1, 0.15) is 0 Å². The highest BCUT2D eigenvalue weighted by Crippen LogP contribution is 2.20. The molecule has 1 saturated carbocycles. The average molecular weight is 275 g/mol. The molecule has 1 atom stereocenters. The van der Waals surface area contributed by atoms with E-state index in [1.165, 1.54) is 0 Å². The standard InChI is InChI=1S/C15H21N3O2/c1-3-10(2)16-15(20)18-13-6-4-5-11(9-13)14(19)17-12-7-8-12/h4-6,9-10,12H,3,7-8H2,1-2H3,(H,17,19)(H2,16,18,20). The van der Waals surface area contributed by atoms with Gasteiger partial charge in [-0.25, -0.2) is 4.79 Å². The molecule has 1 aliphatic carbocycles. The molecule has 0 radical (unpaired) electrons. The van der Waals surface area contributed by atoms with E-state index in [1.54, 1.807) is 24.3 Å². The summed E-state index contributed by atoms with van der Waals surface area (Å²) in [4.78, 5) is 23.6. The summed E-state index contributed by atoms with van der Waals surface area (Å²) >= 11 is 0. The van der Waals surface area contributed by atoms with Crippen LogP contribution < -0.4 is 16.0 Å². The molecule has 1 unspecified atom stereocenters. The van der Waals surface area contributed by atoms with Crippen LogP contribution in [0.4, 0.5) is 10.5 Å². The van der Waals surface area contributed by atoms with Crippen molar-refractivity contribution >= 4 is 17.6 Å². The largest absolute Gasteiger partial charge is 0.349 e. The van der Waals surface area contributed by atoms with E-state index in [0.717, 1.165) is 19.3 Å². The Bertz CT molecular complexity index is 498. The minimum atomic E-state index is -0.251. The van der Waals surface area contributed by atoms with Crippen LogP contribution in [0, 0.1) is 0 Å². The lowest BCUT2D eigenvalue weighted by molar-refractivity contribution is 0.0951. The Morgan fingerprint density at radius 3 is 2.75 bits per heavy atom. The van der Waals surface area contributed by atoms with Gasteiger partial charge >= 0.3 is 6.03 Å².